The maximum Gasteiger partial charge on any atom is 0.306 e. The molecule has 0 aliphatic rings. The van der Waals surface area contributed by atoms with Gasteiger partial charge in [0.05, 0.1) is 0 Å². The molecule has 0 heterocycles. The summed E-state index contributed by atoms with van der Waals surface area (Å²) in [6, 6.07) is 0. The molecule has 0 aromatic carbocycles. The number of esters is 3. The zero-order chi connectivity index (χ0) is 50.7. The van der Waals surface area contributed by atoms with Gasteiger partial charge < -0.3 is 14.2 Å². The Kier molecular flexibility index (Phi) is 54.4. The van der Waals surface area contributed by atoms with E-state index in [0.29, 0.717) is 19.3 Å². The zero-order valence-electron chi connectivity index (χ0n) is 45.5. The molecule has 398 valence electrons. The summed E-state index contributed by atoms with van der Waals surface area (Å²) in [5.74, 6) is -0.965. The summed E-state index contributed by atoms with van der Waals surface area (Å²) in [5.41, 5.74) is 0. The predicted octanol–water partition coefficient (Wildman–Crippen LogP) is 19.5. The smallest absolute Gasteiger partial charge is 0.306 e. The second-order valence-corrected chi connectivity index (χ2v) is 18.8. The van der Waals surface area contributed by atoms with Crippen molar-refractivity contribution in [2.45, 2.75) is 264 Å². The Hall–Kier alpha value is -3.93. The Morgan fingerprint density at radius 1 is 0.300 bits per heavy atom. The first-order valence-electron chi connectivity index (χ1n) is 28.9. The number of carbonyl (C=O) groups excluding carboxylic acids is 3. The first kappa shape index (κ1) is 66.1. The van der Waals surface area contributed by atoms with E-state index in [-0.39, 0.29) is 37.5 Å². The van der Waals surface area contributed by atoms with Crippen LogP contribution in [0.2, 0.25) is 0 Å². The van der Waals surface area contributed by atoms with Crippen molar-refractivity contribution in [3.8, 4) is 0 Å². The van der Waals surface area contributed by atoms with E-state index < -0.39 is 6.10 Å². The van der Waals surface area contributed by atoms with Gasteiger partial charge in [-0.05, 0) is 103 Å². The van der Waals surface area contributed by atoms with E-state index in [9.17, 15) is 14.4 Å². The minimum atomic E-state index is -0.804. The molecule has 70 heavy (non-hydrogen) atoms. The lowest BCUT2D eigenvalue weighted by atomic mass is 10.1. The molecule has 6 heteroatoms. The van der Waals surface area contributed by atoms with Crippen LogP contribution in [0.4, 0.5) is 0 Å². The van der Waals surface area contributed by atoms with Crippen molar-refractivity contribution in [2.75, 3.05) is 13.2 Å². The van der Waals surface area contributed by atoms with Crippen LogP contribution >= 0.6 is 0 Å². The number of carbonyl (C=O) groups is 3. The number of hydrogen-bond acceptors (Lipinski definition) is 6. The largest absolute Gasteiger partial charge is 0.462 e. The Bertz CT molecular complexity index is 1440. The van der Waals surface area contributed by atoms with Crippen molar-refractivity contribution in [2.24, 2.45) is 0 Å². The standard InChI is InChI=1S/C64H106O6/c1-4-7-10-13-16-19-22-24-26-28-30-31-32-33-35-36-38-40-42-45-48-51-54-57-63(66)69-60-61(59-68-62(65)56-53-50-47-44-21-18-15-12-9-6-3)70-64(67)58-55-52-49-46-43-41-39-37-34-29-27-25-23-20-17-14-11-8-5-2/h7,10,16-17,19-20,24-27,30-31,33,35,38,40,45,48,61H,4-6,8-9,11-15,18,21-23,28-29,32,34,36-37,39,41-44,46-47,49-60H2,1-3H3/b10-7-,19-16-,20-17-,26-24-,27-25-,31-30-,35-33-,40-38-,48-45-. The van der Waals surface area contributed by atoms with Crippen molar-refractivity contribution in [3.63, 3.8) is 0 Å². The summed E-state index contributed by atoms with van der Waals surface area (Å²) in [6.07, 6.45) is 78.0. The topological polar surface area (TPSA) is 78.9 Å². The molecule has 0 fully saturated rings. The van der Waals surface area contributed by atoms with Gasteiger partial charge in [0, 0.05) is 19.3 Å². The van der Waals surface area contributed by atoms with Gasteiger partial charge in [-0.2, -0.15) is 0 Å². The minimum Gasteiger partial charge on any atom is -0.462 e. The van der Waals surface area contributed by atoms with Crippen molar-refractivity contribution >= 4 is 17.9 Å². The van der Waals surface area contributed by atoms with Gasteiger partial charge in [0.15, 0.2) is 6.10 Å². The van der Waals surface area contributed by atoms with Crippen LogP contribution in [0.25, 0.3) is 0 Å². The fourth-order valence-corrected chi connectivity index (χ4v) is 7.70. The highest BCUT2D eigenvalue weighted by molar-refractivity contribution is 5.71. The van der Waals surface area contributed by atoms with Gasteiger partial charge in [-0.15, -0.1) is 0 Å². The van der Waals surface area contributed by atoms with E-state index in [0.717, 1.165) is 96.3 Å². The Morgan fingerprint density at radius 3 is 0.957 bits per heavy atom. The molecule has 1 atom stereocenters. The molecular formula is C64H106O6. The normalized spacial score (nSPS) is 12.9. The zero-order valence-corrected chi connectivity index (χ0v) is 45.5. The van der Waals surface area contributed by atoms with Crippen LogP contribution in [0.5, 0.6) is 0 Å². The quantitative estimate of drug-likeness (QED) is 0.0262. The molecule has 0 N–H and O–H groups in total. The van der Waals surface area contributed by atoms with Crippen LogP contribution < -0.4 is 0 Å². The molecule has 0 saturated carbocycles. The lowest BCUT2D eigenvalue weighted by Crippen LogP contribution is -2.30. The highest BCUT2D eigenvalue weighted by Gasteiger charge is 2.19. The van der Waals surface area contributed by atoms with Gasteiger partial charge in [-0.1, -0.05) is 246 Å². The summed E-state index contributed by atoms with van der Waals surface area (Å²) < 4.78 is 16.8. The fraction of sp³-hybridized carbons (Fsp3) is 0.672. The third kappa shape index (κ3) is 55.0. The first-order valence-corrected chi connectivity index (χ1v) is 28.9. The van der Waals surface area contributed by atoms with E-state index in [1.54, 1.807) is 0 Å². The summed E-state index contributed by atoms with van der Waals surface area (Å²) in [6.45, 7) is 6.44. The third-order valence-corrected chi connectivity index (χ3v) is 12.0. The SMILES string of the molecule is CC/C=C\C/C=C\C/C=C\C/C=C\C/C=C\C/C=C\C/C=C\CCCC(=O)OCC(COC(=O)CCCCCCCCCCCC)OC(=O)CCCCCCCCCCC/C=C\C/C=C\CCCCC. The number of hydrogen-bond donors (Lipinski definition) is 0. The number of unbranched alkanes of at least 4 members (excludes halogenated alkanes) is 22. The Balaban J connectivity index is 4.42. The lowest BCUT2D eigenvalue weighted by Gasteiger charge is -2.18. The van der Waals surface area contributed by atoms with Crippen molar-refractivity contribution in [1.29, 1.82) is 0 Å². The molecule has 0 rings (SSSR count). The van der Waals surface area contributed by atoms with E-state index >= 15 is 0 Å². The molecule has 0 aromatic heterocycles. The fourth-order valence-electron chi connectivity index (χ4n) is 7.70. The highest BCUT2D eigenvalue weighted by atomic mass is 16.6. The molecule has 0 bridgehead atoms. The monoisotopic (exact) mass is 971 g/mol. The summed E-state index contributed by atoms with van der Waals surface area (Å²) >= 11 is 0. The molecule has 0 saturated heterocycles. The average molecular weight is 972 g/mol. The second-order valence-electron chi connectivity index (χ2n) is 18.8. The minimum absolute atomic E-state index is 0.0974. The maximum absolute atomic E-state index is 12.8. The molecule has 1 unspecified atom stereocenters. The lowest BCUT2D eigenvalue weighted by molar-refractivity contribution is -0.167. The van der Waals surface area contributed by atoms with Crippen molar-refractivity contribution < 1.29 is 28.6 Å². The molecule has 0 spiro atoms. The van der Waals surface area contributed by atoms with Gasteiger partial charge in [0.25, 0.3) is 0 Å². The number of allylic oxidation sites excluding steroid dienone is 18. The molecule has 0 aliphatic carbocycles. The Labute approximate surface area is 431 Å². The number of rotatable bonds is 51. The second kappa shape index (κ2) is 57.6. The van der Waals surface area contributed by atoms with Crippen LogP contribution in [0.1, 0.15) is 258 Å². The molecule has 0 amide bonds. The number of ether oxygens (including phenoxy) is 3. The first-order chi connectivity index (χ1) is 34.5. The van der Waals surface area contributed by atoms with E-state index in [2.05, 4.69) is 130 Å². The summed E-state index contributed by atoms with van der Waals surface area (Å²) in [7, 11) is 0. The van der Waals surface area contributed by atoms with Gasteiger partial charge >= 0.3 is 17.9 Å². The molecule has 6 nitrogen and oxygen atoms in total. The van der Waals surface area contributed by atoms with Gasteiger partial charge in [-0.3, -0.25) is 14.4 Å². The van der Waals surface area contributed by atoms with Crippen LogP contribution in [0.3, 0.4) is 0 Å². The highest BCUT2D eigenvalue weighted by Crippen LogP contribution is 2.15. The molecule has 0 aromatic rings. The molecule has 0 aliphatic heterocycles. The van der Waals surface area contributed by atoms with Crippen LogP contribution in [-0.4, -0.2) is 37.2 Å². The van der Waals surface area contributed by atoms with Gasteiger partial charge in [0.2, 0.25) is 0 Å². The Morgan fingerprint density at radius 2 is 0.571 bits per heavy atom. The van der Waals surface area contributed by atoms with Crippen molar-refractivity contribution in [3.05, 3.63) is 109 Å². The van der Waals surface area contributed by atoms with E-state index in [1.165, 1.54) is 116 Å². The van der Waals surface area contributed by atoms with Crippen molar-refractivity contribution in [1.82, 2.24) is 0 Å². The van der Waals surface area contributed by atoms with E-state index in [4.69, 9.17) is 14.2 Å². The summed E-state index contributed by atoms with van der Waals surface area (Å²) in [4.78, 5) is 38.1. The predicted molar refractivity (Wildman–Crippen MR) is 302 cm³/mol. The van der Waals surface area contributed by atoms with Crippen LogP contribution in [0, 0.1) is 0 Å². The van der Waals surface area contributed by atoms with Gasteiger partial charge in [0.1, 0.15) is 13.2 Å². The van der Waals surface area contributed by atoms with E-state index in [1.807, 2.05) is 0 Å². The average Bonchev–Trinajstić information content (AvgIpc) is 3.36. The summed E-state index contributed by atoms with van der Waals surface area (Å²) in [5, 5.41) is 0. The van der Waals surface area contributed by atoms with Crippen LogP contribution in [-0.2, 0) is 28.6 Å². The molecular weight excluding hydrogens is 865 g/mol. The third-order valence-electron chi connectivity index (χ3n) is 12.0. The maximum atomic E-state index is 12.8. The van der Waals surface area contributed by atoms with Crippen LogP contribution in [0.15, 0.2) is 109 Å². The van der Waals surface area contributed by atoms with Gasteiger partial charge in [-0.25, -0.2) is 0 Å². The molecule has 0 radical (unpaired) electrons.